The highest BCUT2D eigenvalue weighted by Crippen LogP contribution is 2.29. The van der Waals surface area contributed by atoms with Crippen LogP contribution in [-0.4, -0.2) is 13.1 Å². The van der Waals surface area contributed by atoms with E-state index < -0.39 is 12.1 Å². The highest BCUT2D eigenvalue weighted by atomic mass is 35.5. The first-order valence-electron chi connectivity index (χ1n) is 5.76. The summed E-state index contributed by atoms with van der Waals surface area (Å²) in [5, 5.41) is 0.451. The van der Waals surface area contributed by atoms with Gasteiger partial charge in [0.15, 0.2) is 0 Å². The Morgan fingerprint density at radius 3 is 2.32 bits per heavy atom. The van der Waals surface area contributed by atoms with Gasteiger partial charge in [-0.15, -0.1) is 0 Å². The van der Waals surface area contributed by atoms with Crippen molar-refractivity contribution in [1.29, 1.82) is 0 Å². The molecule has 0 amide bonds. The third kappa shape index (κ3) is 3.26. The maximum absolute atomic E-state index is 11.8. The summed E-state index contributed by atoms with van der Waals surface area (Å²) in [5.41, 5.74) is 0.717. The number of halogens is 1. The van der Waals surface area contributed by atoms with E-state index in [-0.39, 0.29) is 0 Å². The molecule has 0 saturated heterocycles. The van der Waals surface area contributed by atoms with Gasteiger partial charge in [-0.1, -0.05) is 54.1 Å². The number of hydrogen-bond donors (Lipinski definition) is 0. The summed E-state index contributed by atoms with van der Waals surface area (Å²) in [7, 11) is 1.33. The second-order valence-corrected chi connectivity index (χ2v) is 4.27. The first kappa shape index (κ1) is 13.4. The number of rotatable bonds is 4. The Morgan fingerprint density at radius 1 is 1.05 bits per heavy atom. The van der Waals surface area contributed by atoms with E-state index in [1.54, 1.807) is 36.4 Å². The monoisotopic (exact) mass is 276 g/mol. The molecule has 0 fully saturated rings. The quantitative estimate of drug-likeness (QED) is 0.800. The van der Waals surface area contributed by atoms with Crippen LogP contribution in [0.4, 0.5) is 0 Å². The van der Waals surface area contributed by atoms with Crippen LogP contribution in [-0.2, 0) is 9.53 Å². The van der Waals surface area contributed by atoms with Crippen molar-refractivity contribution in [3.05, 3.63) is 65.2 Å². The van der Waals surface area contributed by atoms with Crippen molar-refractivity contribution in [2.24, 2.45) is 0 Å². The van der Waals surface area contributed by atoms with Crippen LogP contribution < -0.4 is 4.74 Å². The Balaban J connectivity index is 2.30. The lowest BCUT2D eigenvalue weighted by atomic mass is 10.1. The zero-order valence-electron chi connectivity index (χ0n) is 10.4. The van der Waals surface area contributed by atoms with Crippen LogP contribution in [0, 0.1) is 0 Å². The van der Waals surface area contributed by atoms with Crippen LogP contribution in [0.15, 0.2) is 54.6 Å². The van der Waals surface area contributed by atoms with Crippen LogP contribution in [0.1, 0.15) is 11.7 Å². The van der Waals surface area contributed by atoms with Crippen molar-refractivity contribution in [3.63, 3.8) is 0 Å². The Bertz CT molecular complexity index is 554. The number of carbonyl (C=O) groups excluding carboxylic acids is 1. The molecule has 0 N–H and O–H groups in total. The molecule has 0 aliphatic heterocycles. The van der Waals surface area contributed by atoms with Gasteiger partial charge in [0.25, 0.3) is 0 Å². The highest BCUT2D eigenvalue weighted by Gasteiger charge is 2.24. The predicted octanol–water partition coefficient (Wildman–Crippen LogP) is 3.63. The van der Waals surface area contributed by atoms with Gasteiger partial charge in [0.1, 0.15) is 5.75 Å². The molecular formula is C15H13ClO3. The molecular weight excluding hydrogens is 264 g/mol. The van der Waals surface area contributed by atoms with Gasteiger partial charge in [0.2, 0.25) is 6.10 Å². The molecule has 1 atom stereocenters. The van der Waals surface area contributed by atoms with Gasteiger partial charge in [-0.3, -0.25) is 0 Å². The zero-order chi connectivity index (χ0) is 13.7. The summed E-state index contributed by atoms with van der Waals surface area (Å²) in [6, 6.07) is 16.1. The number of carbonyl (C=O) groups is 1. The molecule has 4 heteroatoms. The van der Waals surface area contributed by atoms with E-state index in [4.69, 9.17) is 21.1 Å². The summed E-state index contributed by atoms with van der Waals surface area (Å²) in [6.07, 6.45) is -0.828. The van der Waals surface area contributed by atoms with Crippen molar-refractivity contribution in [3.8, 4) is 5.75 Å². The number of hydrogen-bond acceptors (Lipinski definition) is 3. The standard InChI is InChI=1S/C15H13ClO3/c1-18-15(17)14(11-7-3-2-4-8-11)19-13-10-6-5-9-12(13)16/h2-10,14H,1H3. The maximum Gasteiger partial charge on any atom is 0.351 e. The highest BCUT2D eigenvalue weighted by molar-refractivity contribution is 6.32. The summed E-state index contributed by atoms with van der Waals surface area (Å²) >= 11 is 6.03. The number of benzene rings is 2. The van der Waals surface area contributed by atoms with E-state index in [9.17, 15) is 4.79 Å². The minimum atomic E-state index is -0.828. The molecule has 0 spiro atoms. The molecule has 0 aliphatic carbocycles. The molecule has 98 valence electrons. The molecule has 0 aliphatic rings. The third-order valence-electron chi connectivity index (χ3n) is 2.60. The van der Waals surface area contributed by atoms with E-state index in [1.807, 2.05) is 18.2 Å². The lowest BCUT2D eigenvalue weighted by Crippen LogP contribution is -2.20. The molecule has 19 heavy (non-hydrogen) atoms. The molecule has 2 aromatic rings. The zero-order valence-corrected chi connectivity index (χ0v) is 11.1. The number of ether oxygens (including phenoxy) is 2. The molecule has 2 rings (SSSR count). The average molecular weight is 277 g/mol. The van der Waals surface area contributed by atoms with Gasteiger partial charge >= 0.3 is 5.97 Å². The fourth-order valence-corrected chi connectivity index (χ4v) is 1.83. The van der Waals surface area contributed by atoms with Gasteiger partial charge in [-0.05, 0) is 12.1 Å². The summed E-state index contributed by atoms with van der Waals surface area (Å²) in [4.78, 5) is 11.8. The number of para-hydroxylation sites is 1. The molecule has 2 aromatic carbocycles. The van der Waals surface area contributed by atoms with Gasteiger partial charge in [-0.25, -0.2) is 4.79 Å². The lowest BCUT2D eigenvalue weighted by molar-refractivity contribution is -0.149. The number of esters is 1. The summed E-state index contributed by atoms with van der Waals surface area (Å²) < 4.78 is 10.4. The third-order valence-corrected chi connectivity index (χ3v) is 2.91. The van der Waals surface area contributed by atoms with E-state index in [0.29, 0.717) is 16.3 Å². The number of methoxy groups -OCH3 is 1. The molecule has 0 heterocycles. The molecule has 0 bridgehead atoms. The second-order valence-electron chi connectivity index (χ2n) is 3.86. The smallest absolute Gasteiger partial charge is 0.351 e. The van der Waals surface area contributed by atoms with Crippen LogP contribution >= 0.6 is 11.6 Å². The van der Waals surface area contributed by atoms with Crippen molar-refractivity contribution >= 4 is 17.6 Å². The van der Waals surface area contributed by atoms with Crippen LogP contribution in [0.25, 0.3) is 0 Å². The maximum atomic E-state index is 11.8. The largest absolute Gasteiger partial charge is 0.472 e. The van der Waals surface area contributed by atoms with Crippen LogP contribution in [0.3, 0.4) is 0 Å². The molecule has 0 saturated carbocycles. The van der Waals surface area contributed by atoms with Gasteiger partial charge in [0.05, 0.1) is 12.1 Å². The fraction of sp³-hybridized carbons (Fsp3) is 0.133. The van der Waals surface area contributed by atoms with E-state index in [0.717, 1.165) is 0 Å². The molecule has 1 unspecified atom stereocenters. The summed E-state index contributed by atoms with van der Waals surface area (Å²) in [6.45, 7) is 0. The minimum absolute atomic E-state index is 0.448. The van der Waals surface area contributed by atoms with Crippen LogP contribution in [0.5, 0.6) is 5.75 Å². The Hall–Kier alpha value is -2.00. The van der Waals surface area contributed by atoms with Crippen molar-refractivity contribution in [2.75, 3.05) is 7.11 Å². The Kier molecular flexibility index (Phi) is 4.42. The first-order chi connectivity index (χ1) is 9.22. The van der Waals surface area contributed by atoms with Gasteiger partial charge < -0.3 is 9.47 Å². The first-order valence-corrected chi connectivity index (χ1v) is 6.14. The normalized spacial score (nSPS) is 11.7. The van der Waals surface area contributed by atoms with Gasteiger partial charge in [-0.2, -0.15) is 0 Å². The second kappa shape index (κ2) is 6.25. The topological polar surface area (TPSA) is 35.5 Å². The summed E-state index contributed by atoms with van der Waals surface area (Å²) in [5.74, 6) is -0.0189. The Labute approximate surface area is 116 Å². The van der Waals surface area contributed by atoms with E-state index in [1.165, 1.54) is 7.11 Å². The fourth-order valence-electron chi connectivity index (χ4n) is 1.65. The van der Waals surface area contributed by atoms with Gasteiger partial charge in [0, 0.05) is 5.56 Å². The van der Waals surface area contributed by atoms with Crippen LogP contribution in [0.2, 0.25) is 5.02 Å². The predicted molar refractivity (Wildman–Crippen MR) is 73.3 cm³/mol. The Morgan fingerprint density at radius 2 is 1.68 bits per heavy atom. The van der Waals surface area contributed by atoms with Crippen molar-refractivity contribution < 1.29 is 14.3 Å². The molecule has 0 aromatic heterocycles. The molecule has 0 radical (unpaired) electrons. The lowest BCUT2D eigenvalue weighted by Gasteiger charge is -2.17. The SMILES string of the molecule is COC(=O)C(Oc1ccccc1Cl)c1ccccc1. The van der Waals surface area contributed by atoms with E-state index in [2.05, 4.69) is 0 Å². The van der Waals surface area contributed by atoms with Crippen molar-refractivity contribution in [1.82, 2.24) is 0 Å². The van der Waals surface area contributed by atoms with E-state index >= 15 is 0 Å². The van der Waals surface area contributed by atoms with Crippen molar-refractivity contribution in [2.45, 2.75) is 6.10 Å². The minimum Gasteiger partial charge on any atom is -0.472 e. The average Bonchev–Trinajstić information content (AvgIpc) is 2.46. The molecule has 3 nitrogen and oxygen atoms in total.